The smallest absolute Gasteiger partial charge is 0.243 e. The van der Waals surface area contributed by atoms with Crippen molar-refractivity contribution in [1.29, 1.82) is 0 Å². The number of pyridine rings is 1. The Morgan fingerprint density at radius 3 is 2.14 bits per heavy atom. The molecule has 3 aromatic rings. The quantitative estimate of drug-likeness (QED) is 0.210. The molecule has 1 heterocycles. The highest BCUT2D eigenvalue weighted by Crippen LogP contribution is 2.38. The number of nitrogens with one attached hydrogen (secondary N) is 3. The topological polar surface area (TPSA) is 120 Å². The molecule has 37 heavy (non-hydrogen) atoms. The lowest BCUT2D eigenvalue weighted by atomic mass is 9.71. The summed E-state index contributed by atoms with van der Waals surface area (Å²) >= 11 is 0. The lowest BCUT2D eigenvalue weighted by molar-refractivity contribution is -0.131. The SMILES string of the molecule is CC(C(=O)Nc1cccc2cccnc12)c1ccc(NC(=O)CC(C)(C)CC(C)(C)CC(=O)NO)cc1. The number of hydrogen-bond donors (Lipinski definition) is 4. The molecule has 3 rings (SSSR count). The normalized spacial score (nSPS) is 12.6. The van der Waals surface area contributed by atoms with Gasteiger partial charge in [-0.2, -0.15) is 0 Å². The second-order valence-corrected chi connectivity index (χ2v) is 11.2. The monoisotopic (exact) mass is 504 g/mol. The summed E-state index contributed by atoms with van der Waals surface area (Å²) in [6.45, 7) is 9.69. The molecule has 4 N–H and O–H groups in total. The van der Waals surface area contributed by atoms with Crippen LogP contribution in [0.4, 0.5) is 11.4 Å². The summed E-state index contributed by atoms with van der Waals surface area (Å²) in [6, 6.07) is 16.7. The maximum atomic E-state index is 12.9. The van der Waals surface area contributed by atoms with E-state index in [1.165, 1.54) is 0 Å². The van der Waals surface area contributed by atoms with E-state index < -0.39 is 11.8 Å². The number of para-hydroxylation sites is 1. The molecular weight excluding hydrogens is 468 g/mol. The molecule has 1 aromatic heterocycles. The first kappa shape index (κ1) is 27.8. The van der Waals surface area contributed by atoms with Gasteiger partial charge in [-0.1, -0.05) is 58.0 Å². The van der Waals surface area contributed by atoms with Gasteiger partial charge >= 0.3 is 0 Å². The predicted molar refractivity (Wildman–Crippen MR) is 145 cm³/mol. The average Bonchev–Trinajstić information content (AvgIpc) is 2.82. The summed E-state index contributed by atoms with van der Waals surface area (Å²) < 4.78 is 0. The fourth-order valence-electron chi connectivity index (χ4n) is 4.99. The first-order valence-electron chi connectivity index (χ1n) is 12.4. The molecule has 8 heteroatoms. The first-order chi connectivity index (χ1) is 17.4. The highest BCUT2D eigenvalue weighted by atomic mass is 16.5. The maximum absolute atomic E-state index is 12.9. The number of aromatic nitrogens is 1. The number of rotatable bonds is 10. The van der Waals surface area contributed by atoms with Crippen LogP contribution in [0.2, 0.25) is 0 Å². The second-order valence-electron chi connectivity index (χ2n) is 11.2. The highest BCUT2D eigenvalue weighted by Gasteiger charge is 2.32. The van der Waals surface area contributed by atoms with E-state index in [1.807, 2.05) is 77.1 Å². The van der Waals surface area contributed by atoms with E-state index in [1.54, 1.807) is 23.8 Å². The van der Waals surface area contributed by atoms with Gasteiger partial charge in [0.25, 0.3) is 0 Å². The van der Waals surface area contributed by atoms with Crippen LogP contribution in [0.3, 0.4) is 0 Å². The summed E-state index contributed by atoms with van der Waals surface area (Å²) in [6.07, 6.45) is 2.76. The number of anilines is 2. The fraction of sp³-hybridized carbons (Fsp3) is 0.379. The van der Waals surface area contributed by atoms with Gasteiger partial charge in [-0.25, -0.2) is 5.48 Å². The van der Waals surface area contributed by atoms with Crippen molar-refractivity contribution >= 4 is 40.0 Å². The van der Waals surface area contributed by atoms with Crippen LogP contribution >= 0.6 is 0 Å². The number of hydrogen-bond acceptors (Lipinski definition) is 5. The van der Waals surface area contributed by atoms with E-state index in [0.29, 0.717) is 17.8 Å². The molecule has 0 aliphatic heterocycles. The second kappa shape index (κ2) is 11.5. The minimum Gasteiger partial charge on any atom is -0.326 e. The Morgan fingerprint density at radius 1 is 0.865 bits per heavy atom. The summed E-state index contributed by atoms with van der Waals surface area (Å²) in [5.74, 6) is -1.12. The summed E-state index contributed by atoms with van der Waals surface area (Å²) in [7, 11) is 0. The third kappa shape index (κ3) is 7.85. The number of carbonyl (C=O) groups is 3. The average molecular weight is 505 g/mol. The van der Waals surface area contributed by atoms with E-state index in [-0.39, 0.29) is 35.5 Å². The third-order valence-electron chi connectivity index (χ3n) is 6.34. The van der Waals surface area contributed by atoms with E-state index >= 15 is 0 Å². The first-order valence-corrected chi connectivity index (χ1v) is 12.4. The Bertz CT molecular complexity index is 1260. The zero-order valence-electron chi connectivity index (χ0n) is 22.1. The van der Waals surface area contributed by atoms with E-state index in [2.05, 4.69) is 15.6 Å². The van der Waals surface area contributed by atoms with Gasteiger partial charge in [-0.15, -0.1) is 0 Å². The van der Waals surface area contributed by atoms with Crippen molar-refractivity contribution in [3.63, 3.8) is 0 Å². The molecule has 2 aromatic carbocycles. The maximum Gasteiger partial charge on any atom is 0.243 e. The van der Waals surface area contributed by atoms with Crippen molar-refractivity contribution in [1.82, 2.24) is 10.5 Å². The molecule has 0 saturated carbocycles. The largest absolute Gasteiger partial charge is 0.326 e. The van der Waals surface area contributed by atoms with Crippen LogP contribution in [-0.4, -0.2) is 27.9 Å². The molecule has 0 aliphatic rings. The minimum atomic E-state index is -0.443. The molecule has 0 fully saturated rings. The van der Waals surface area contributed by atoms with Crippen molar-refractivity contribution < 1.29 is 19.6 Å². The van der Waals surface area contributed by atoms with Crippen LogP contribution in [0.5, 0.6) is 0 Å². The zero-order chi connectivity index (χ0) is 27.2. The van der Waals surface area contributed by atoms with Crippen molar-refractivity contribution in [2.45, 2.75) is 59.8 Å². The van der Waals surface area contributed by atoms with Crippen LogP contribution in [-0.2, 0) is 14.4 Å². The minimum absolute atomic E-state index is 0.130. The van der Waals surface area contributed by atoms with E-state index in [0.717, 1.165) is 16.5 Å². The Kier molecular flexibility index (Phi) is 8.65. The molecule has 1 atom stereocenters. The van der Waals surface area contributed by atoms with Crippen molar-refractivity contribution in [3.8, 4) is 0 Å². The van der Waals surface area contributed by atoms with Crippen LogP contribution in [0.1, 0.15) is 65.4 Å². The number of nitrogens with zero attached hydrogens (tertiary/aromatic N) is 1. The molecule has 196 valence electrons. The predicted octanol–water partition coefficient (Wildman–Crippen LogP) is 5.64. The van der Waals surface area contributed by atoms with Gasteiger partial charge in [0.1, 0.15) is 0 Å². The van der Waals surface area contributed by atoms with Gasteiger partial charge in [0.15, 0.2) is 0 Å². The molecule has 0 aliphatic carbocycles. The Balaban J connectivity index is 1.58. The molecule has 0 saturated heterocycles. The Hall–Kier alpha value is -3.78. The zero-order valence-corrected chi connectivity index (χ0v) is 22.1. The lowest BCUT2D eigenvalue weighted by Gasteiger charge is -2.34. The molecule has 3 amide bonds. The highest BCUT2D eigenvalue weighted by molar-refractivity contribution is 6.02. The lowest BCUT2D eigenvalue weighted by Crippen LogP contribution is -2.32. The van der Waals surface area contributed by atoms with E-state index in [9.17, 15) is 14.4 Å². The third-order valence-corrected chi connectivity index (χ3v) is 6.34. The van der Waals surface area contributed by atoms with Crippen LogP contribution in [0.25, 0.3) is 10.9 Å². The molecule has 0 radical (unpaired) electrons. The van der Waals surface area contributed by atoms with Gasteiger partial charge in [-0.05, 0) is 54.0 Å². The number of carbonyl (C=O) groups excluding carboxylic acids is 3. The van der Waals surface area contributed by atoms with Gasteiger partial charge in [0.2, 0.25) is 17.7 Å². The fourth-order valence-corrected chi connectivity index (χ4v) is 4.99. The summed E-state index contributed by atoms with van der Waals surface area (Å²) in [5.41, 5.74) is 3.82. The molecule has 0 spiro atoms. The van der Waals surface area contributed by atoms with E-state index in [4.69, 9.17) is 5.21 Å². The van der Waals surface area contributed by atoms with Gasteiger partial charge < -0.3 is 10.6 Å². The van der Waals surface area contributed by atoms with Crippen molar-refractivity contribution in [2.75, 3.05) is 10.6 Å². The summed E-state index contributed by atoms with van der Waals surface area (Å²) in [5, 5.41) is 15.7. The van der Waals surface area contributed by atoms with Gasteiger partial charge in [0.05, 0.1) is 17.1 Å². The van der Waals surface area contributed by atoms with Gasteiger partial charge in [-0.3, -0.25) is 24.6 Å². The molecule has 1 unspecified atom stereocenters. The molecular formula is C29H36N4O4. The van der Waals surface area contributed by atoms with Crippen LogP contribution in [0, 0.1) is 10.8 Å². The number of benzene rings is 2. The Morgan fingerprint density at radius 2 is 1.49 bits per heavy atom. The van der Waals surface area contributed by atoms with Crippen molar-refractivity contribution in [2.24, 2.45) is 10.8 Å². The van der Waals surface area contributed by atoms with Gasteiger partial charge in [0, 0.05) is 30.1 Å². The van der Waals surface area contributed by atoms with Crippen LogP contribution < -0.4 is 16.1 Å². The number of amides is 3. The number of hydroxylamine groups is 1. The summed E-state index contributed by atoms with van der Waals surface area (Å²) in [4.78, 5) is 41.6. The number of fused-ring (bicyclic) bond motifs is 1. The molecule has 0 bridgehead atoms. The molecule has 8 nitrogen and oxygen atoms in total. The van der Waals surface area contributed by atoms with Crippen molar-refractivity contribution in [3.05, 3.63) is 66.4 Å². The van der Waals surface area contributed by atoms with Crippen LogP contribution in [0.15, 0.2) is 60.8 Å². The standard InChI is InChI=1S/C29H36N4O4/c1-19(27(36)32-23-10-6-8-21-9-7-15-30-26(21)23)20-11-13-22(14-12-20)31-24(34)16-28(2,3)18-29(4,5)17-25(35)33-37/h6-15,19,37H,16-18H2,1-5H3,(H,31,34)(H,32,36)(H,33,35). The Labute approximate surface area is 217 Å².